The quantitative estimate of drug-likeness (QED) is 0.760. The van der Waals surface area contributed by atoms with Gasteiger partial charge in [0, 0.05) is 25.8 Å². The molecule has 1 unspecified atom stereocenters. The van der Waals surface area contributed by atoms with Gasteiger partial charge in [0.2, 0.25) is 0 Å². The zero-order valence-electron chi connectivity index (χ0n) is 11.3. The third-order valence-electron chi connectivity index (χ3n) is 3.64. The van der Waals surface area contributed by atoms with Gasteiger partial charge in [0.15, 0.2) is 0 Å². The normalized spacial score (nSPS) is 16.4. The Morgan fingerprint density at radius 2 is 2.15 bits per heavy atom. The van der Waals surface area contributed by atoms with Gasteiger partial charge in [-0.2, -0.15) is 0 Å². The van der Waals surface area contributed by atoms with E-state index in [0.717, 1.165) is 27.4 Å². The second kappa shape index (κ2) is 5.96. The summed E-state index contributed by atoms with van der Waals surface area (Å²) in [6.07, 6.45) is 2.63. The fourth-order valence-electron chi connectivity index (χ4n) is 2.50. The van der Waals surface area contributed by atoms with Crippen LogP contribution < -0.4 is 5.32 Å². The summed E-state index contributed by atoms with van der Waals surface area (Å²) in [5.74, 6) is 0.584. The topological polar surface area (TPSA) is 12.0 Å². The highest BCUT2D eigenvalue weighted by Crippen LogP contribution is 2.44. The molecule has 1 fully saturated rings. The van der Waals surface area contributed by atoms with Crippen LogP contribution in [0, 0.1) is 11.7 Å². The van der Waals surface area contributed by atoms with E-state index in [1.807, 2.05) is 0 Å². The molecule has 1 aliphatic carbocycles. The van der Waals surface area contributed by atoms with E-state index in [1.165, 1.54) is 23.8 Å². The lowest BCUT2D eigenvalue weighted by Crippen LogP contribution is -2.21. The molecular formula is C16H17BrFNS. The molecule has 4 heteroatoms. The van der Waals surface area contributed by atoms with Crippen LogP contribution in [0.3, 0.4) is 0 Å². The Morgan fingerprint density at radius 1 is 1.35 bits per heavy atom. The predicted molar refractivity (Wildman–Crippen MR) is 86.6 cm³/mol. The van der Waals surface area contributed by atoms with Gasteiger partial charge in [-0.05, 0) is 55.6 Å². The Morgan fingerprint density at radius 3 is 2.85 bits per heavy atom. The first kappa shape index (κ1) is 14.2. The monoisotopic (exact) mass is 353 g/mol. The summed E-state index contributed by atoms with van der Waals surface area (Å²) in [7, 11) is 0. The van der Waals surface area contributed by atoms with E-state index < -0.39 is 0 Å². The van der Waals surface area contributed by atoms with Crippen molar-refractivity contribution in [1.29, 1.82) is 0 Å². The number of hydrogen-bond donors (Lipinski definition) is 1. The second-order valence-corrected chi connectivity index (χ2v) is 7.17. The summed E-state index contributed by atoms with van der Waals surface area (Å²) in [5.41, 5.74) is 0.937. The highest BCUT2D eigenvalue weighted by molar-refractivity contribution is 9.10. The van der Waals surface area contributed by atoms with Crippen LogP contribution in [0.5, 0.6) is 0 Å². The number of nitrogens with one attached hydrogen (secondary N) is 1. The number of benzene rings is 1. The number of halogens is 2. The summed E-state index contributed by atoms with van der Waals surface area (Å²) in [6, 6.07) is 9.60. The van der Waals surface area contributed by atoms with Crippen molar-refractivity contribution in [2.45, 2.75) is 25.8 Å². The van der Waals surface area contributed by atoms with Gasteiger partial charge in [-0.3, -0.25) is 0 Å². The molecule has 106 valence electrons. The van der Waals surface area contributed by atoms with Gasteiger partial charge >= 0.3 is 0 Å². The average Bonchev–Trinajstić information content (AvgIpc) is 3.16. The van der Waals surface area contributed by atoms with Gasteiger partial charge in [-0.25, -0.2) is 4.39 Å². The molecule has 1 aromatic heterocycles. The summed E-state index contributed by atoms with van der Waals surface area (Å²) in [6.45, 7) is 3.13. The number of hydrogen-bond acceptors (Lipinski definition) is 2. The fraction of sp³-hybridized carbons (Fsp3) is 0.375. The molecule has 0 radical (unpaired) electrons. The number of rotatable bonds is 5. The first-order chi connectivity index (χ1) is 9.69. The van der Waals surface area contributed by atoms with E-state index in [9.17, 15) is 4.39 Å². The zero-order valence-corrected chi connectivity index (χ0v) is 13.7. The average molecular weight is 354 g/mol. The Balaban J connectivity index is 1.90. The van der Waals surface area contributed by atoms with E-state index in [4.69, 9.17) is 0 Å². The van der Waals surface area contributed by atoms with Crippen LogP contribution in [0.25, 0.3) is 10.4 Å². The Hall–Kier alpha value is -0.710. The third-order valence-corrected chi connectivity index (χ3v) is 5.54. The van der Waals surface area contributed by atoms with Crippen molar-refractivity contribution >= 4 is 27.3 Å². The first-order valence-corrected chi connectivity index (χ1v) is 8.58. The summed E-state index contributed by atoms with van der Waals surface area (Å²) >= 11 is 5.28. The summed E-state index contributed by atoms with van der Waals surface area (Å²) in [4.78, 5) is 2.48. The predicted octanol–water partition coefficient (Wildman–Crippen LogP) is 5.38. The molecule has 1 aliphatic rings. The van der Waals surface area contributed by atoms with Gasteiger partial charge in [0.25, 0.3) is 0 Å². The van der Waals surface area contributed by atoms with Gasteiger partial charge in [-0.15, -0.1) is 11.3 Å². The maximum atomic E-state index is 13.4. The first-order valence-electron chi connectivity index (χ1n) is 6.97. The lowest BCUT2D eigenvalue weighted by atomic mass is 10.1. The van der Waals surface area contributed by atoms with E-state index in [0.29, 0.717) is 6.04 Å². The highest BCUT2D eigenvalue weighted by Gasteiger charge is 2.32. The van der Waals surface area contributed by atoms with Gasteiger partial charge < -0.3 is 5.32 Å². The Kier molecular flexibility index (Phi) is 4.24. The lowest BCUT2D eigenvalue weighted by molar-refractivity contribution is 0.504. The SMILES string of the molecule is CCNC(c1ccc(-c2cc(F)ccc2Br)s1)C1CC1. The molecule has 2 aromatic rings. The molecule has 1 N–H and O–H groups in total. The maximum absolute atomic E-state index is 13.4. The molecule has 3 rings (SSSR count). The van der Waals surface area contributed by atoms with Crippen molar-refractivity contribution in [2.24, 2.45) is 5.92 Å². The van der Waals surface area contributed by atoms with E-state index in [2.05, 4.69) is 40.3 Å². The van der Waals surface area contributed by atoms with Crippen LogP contribution in [-0.2, 0) is 0 Å². The van der Waals surface area contributed by atoms with Crippen molar-refractivity contribution in [2.75, 3.05) is 6.54 Å². The summed E-state index contributed by atoms with van der Waals surface area (Å²) in [5, 5.41) is 3.58. The molecule has 20 heavy (non-hydrogen) atoms. The fourth-order valence-corrected chi connectivity index (χ4v) is 4.30. The van der Waals surface area contributed by atoms with E-state index in [-0.39, 0.29) is 5.82 Å². The van der Waals surface area contributed by atoms with Crippen LogP contribution in [0.15, 0.2) is 34.8 Å². The van der Waals surface area contributed by atoms with Crippen molar-refractivity contribution < 1.29 is 4.39 Å². The van der Waals surface area contributed by atoms with Crippen LogP contribution in [0.2, 0.25) is 0 Å². The lowest BCUT2D eigenvalue weighted by Gasteiger charge is -2.15. The second-order valence-electron chi connectivity index (χ2n) is 5.20. The van der Waals surface area contributed by atoms with Crippen molar-refractivity contribution in [3.8, 4) is 10.4 Å². The largest absolute Gasteiger partial charge is 0.309 e. The molecule has 1 nitrogen and oxygen atoms in total. The molecule has 0 bridgehead atoms. The molecule has 0 saturated heterocycles. The van der Waals surface area contributed by atoms with E-state index >= 15 is 0 Å². The van der Waals surface area contributed by atoms with Gasteiger partial charge in [-0.1, -0.05) is 22.9 Å². The standard InChI is InChI=1S/C16H17BrFNS/c1-2-19-16(10-3-4-10)15-8-7-14(20-15)12-9-11(18)5-6-13(12)17/h5-10,16,19H,2-4H2,1H3. The molecule has 0 amide bonds. The molecule has 0 aliphatic heterocycles. The molecule has 1 saturated carbocycles. The Bertz CT molecular complexity index is 606. The van der Waals surface area contributed by atoms with Crippen LogP contribution in [0.4, 0.5) is 4.39 Å². The third kappa shape index (κ3) is 2.97. The van der Waals surface area contributed by atoms with Gasteiger partial charge in [0.1, 0.15) is 5.82 Å². The minimum Gasteiger partial charge on any atom is -0.309 e. The molecule has 1 aromatic carbocycles. The van der Waals surface area contributed by atoms with Crippen molar-refractivity contribution in [3.05, 3.63) is 45.5 Å². The van der Waals surface area contributed by atoms with Crippen molar-refractivity contribution in [1.82, 2.24) is 5.32 Å². The van der Waals surface area contributed by atoms with Gasteiger partial charge in [0.05, 0.1) is 0 Å². The Labute approximate surface area is 131 Å². The molecule has 1 heterocycles. The number of thiophene rings is 1. The molecular weight excluding hydrogens is 337 g/mol. The van der Waals surface area contributed by atoms with Crippen LogP contribution >= 0.6 is 27.3 Å². The van der Waals surface area contributed by atoms with Crippen LogP contribution in [-0.4, -0.2) is 6.54 Å². The zero-order chi connectivity index (χ0) is 14.1. The molecule has 1 atom stereocenters. The summed E-state index contributed by atoms with van der Waals surface area (Å²) < 4.78 is 14.4. The minimum atomic E-state index is -0.191. The van der Waals surface area contributed by atoms with E-state index in [1.54, 1.807) is 23.5 Å². The van der Waals surface area contributed by atoms with Crippen molar-refractivity contribution in [3.63, 3.8) is 0 Å². The highest BCUT2D eigenvalue weighted by atomic mass is 79.9. The maximum Gasteiger partial charge on any atom is 0.123 e. The minimum absolute atomic E-state index is 0.191. The van der Waals surface area contributed by atoms with Crippen LogP contribution in [0.1, 0.15) is 30.7 Å². The smallest absolute Gasteiger partial charge is 0.123 e. The molecule has 0 spiro atoms.